The molecule has 0 atom stereocenters. The molecule has 9 heteroatoms. The number of thiophene rings is 1. The number of methoxy groups -OCH3 is 1. The van der Waals surface area contributed by atoms with Crippen LogP contribution in [0.5, 0.6) is 0 Å². The molecule has 2 aromatic rings. The lowest BCUT2D eigenvalue weighted by Crippen LogP contribution is -2.16. The molecule has 1 N–H and O–H groups in total. The van der Waals surface area contributed by atoms with E-state index in [0.717, 1.165) is 37.7 Å². The lowest BCUT2D eigenvalue weighted by Gasteiger charge is -2.07. The number of thioether (sulfide) groups is 1. The van der Waals surface area contributed by atoms with Gasteiger partial charge in [-0.25, -0.2) is 4.79 Å². The number of aromatic nitrogens is 2. The second-order valence-corrected chi connectivity index (χ2v) is 8.12. The Labute approximate surface area is 159 Å². The van der Waals surface area contributed by atoms with Gasteiger partial charge in [-0.1, -0.05) is 11.6 Å². The van der Waals surface area contributed by atoms with Gasteiger partial charge in [0.15, 0.2) is 5.82 Å². The molecule has 2 aromatic heterocycles. The van der Waals surface area contributed by atoms with Crippen LogP contribution < -0.4 is 5.32 Å². The summed E-state index contributed by atoms with van der Waals surface area (Å²) in [5, 5.41) is 7.29. The molecule has 0 spiro atoms. The van der Waals surface area contributed by atoms with E-state index in [1.165, 1.54) is 35.1 Å². The number of ether oxygens (including phenoxy) is 1. The maximum Gasteiger partial charge on any atom is 0.341 e. The zero-order valence-corrected chi connectivity index (χ0v) is 16.4. The Morgan fingerprint density at radius 1 is 1.31 bits per heavy atom. The highest BCUT2D eigenvalue weighted by atomic mass is 32.2. The molecule has 0 unspecified atom stereocenters. The summed E-state index contributed by atoms with van der Waals surface area (Å²) in [7, 11) is 1.37. The van der Waals surface area contributed by atoms with Crippen LogP contribution in [0.25, 0.3) is 0 Å². The van der Waals surface area contributed by atoms with Crippen molar-refractivity contribution in [3.8, 4) is 0 Å². The molecule has 0 radical (unpaired) electrons. The minimum Gasteiger partial charge on any atom is -0.465 e. The molecule has 140 valence electrons. The number of aryl methyl sites for hydroxylation is 2. The number of nitrogens with zero attached hydrogens (tertiary/aromatic N) is 2. The first-order valence-corrected chi connectivity index (χ1v) is 10.4. The molecule has 3 rings (SSSR count). The van der Waals surface area contributed by atoms with E-state index >= 15 is 0 Å². The van der Waals surface area contributed by atoms with Crippen molar-refractivity contribution in [3.63, 3.8) is 0 Å². The van der Waals surface area contributed by atoms with Gasteiger partial charge in [0.05, 0.1) is 24.2 Å². The highest BCUT2D eigenvalue weighted by molar-refractivity contribution is 7.99. The van der Waals surface area contributed by atoms with E-state index in [-0.39, 0.29) is 17.6 Å². The Bertz CT molecular complexity index is 800. The van der Waals surface area contributed by atoms with Gasteiger partial charge in [0, 0.05) is 11.8 Å². The lowest BCUT2D eigenvalue weighted by molar-refractivity contribution is -0.113. The van der Waals surface area contributed by atoms with Gasteiger partial charge in [-0.3, -0.25) is 4.79 Å². The number of anilines is 1. The molecule has 0 aromatic carbocycles. The molecule has 26 heavy (non-hydrogen) atoms. The Morgan fingerprint density at radius 2 is 2.12 bits per heavy atom. The van der Waals surface area contributed by atoms with Crippen molar-refractivity contribution < 1.29 is 18.8 Å². The number of esters is 1. The summed E-state index contributed by atoms with van der Waals surface area (Å²) in [6.07, 6.45) is 5.14. The zero-order valence-electron chi connectivity index (χ0n) is 14.8. The Balaban J connectivity index is 1.66. The fraction of sp³-hybridized carbons (Fsp3) is 0.529. The van der Waals surface area contributed by atoms with Crippen molar-refractivity contribution in [1.82, 2.24) is 10.1 Å². The van der Waals surface area contributed by atoms with Gasteiger partial charge in [0.2, 0.25) is 11.8 Å². The predicted molar refractivity (Wildman–Crippen MR) is 101 cm³/mol. The van der Waals surface area contributed by atoms with E-state index in [9.17, 15) is 9.59 Å². The number of fused-ring (bicyclic) bond motifs is 1. The van der Waals surface area contributed by atoms with Crippen LogP contribution in [0, 0.1) is 6.92 Å². The third-order valence-electron chi connectivity index (χ3n) is 4.10. The topological polar surface area (TPSA) is 94.3 Å². The molecule has 0 saturated carbocycles. The standard InChI is InChI=1S/C17H21N3O4S2/c1-10-18-13(20-24-10)8-25-9-14(21)19-16-15(17(22)23-2)11-6-4-3-5-7-12(11)26-16/h3-9H2,1-2H3,(H,19,21). The minimum absolute atomic E-state index is 0.156. The number of carbonyl (C=O) groups is 2. The number of nitrogens with one attached hydrogen (secondary N) is 1. The summed E-state index contributed by atoms with van der Waals surface area (Å²) in [6.45, 7) is 1.73. The number of hydrogen-bond donors (Lipinski definition) is 1. The molecule has 1 aliphatic carbocycles. The van der Waals surface area contributed by atoms with Crippen molar-refractivity contribution in [2.45, 2.75) is 44.8 Å². The van der Waals surface area contributed by atoms with Gasteiger partial charge >= 0.3 is 5.97 Å². The summed E-state index contributed by atoms with van der Waals surface area (Å²) in [5.41, 5.74) is 1.58. The number of amides is 1. The average molecular weight is 396 g/mol. The summed E-state index contributed by atoms with van der Waals surface area (Å²) in [4.78, 5) is 29.9. The van der Waals surface area contributed by atoms with Gasteiger partial charge in [-0.2, -0.15) is 4.98 Å². The molecule has 0 bridgehead atoms. The van der Waals surface area contributed by atoms with Crippen LogP contribution in [0.3, 0.4) is 0 Å². The molecule has 1 amide bonds. The molecular weight excluding hydrogens is 374 g/mol. The van der Waals surface area contributed by atoms with Crippen molar-refractivity contribution >= 4 is 40.0 Å². The van der Waals surface area contributed by atoms with Crippen molar-refractivity contribution in [2.75, 3.05) is 18.2 Å². The van der Waals surface area contributed by atoms with Crippen LogP contribution in [0.1, 0.15) is 51.8 Å². The molecule has 1 aliphatic rings. The van der Waals surface area contributed by atoms with Gasteiger partial charge in [-0.05, 0) is 31.2 Å². The number of carbonyl (C=O) groups excluding carboxylic acids is 2. The Morgan fingerprint density at radius 3 is 2.85 bits per heavy atom. The third kappa shape index (κ3) is 4.45. The summed E-state index contributed by atoms with van der Waals surface area (Å²) < 4.78 is 9.85. The molecule has 7 nitrogen and oxygen atoms in total. The predicted octanol–water partition coefficient (Wildman–Crippen LogP) is 3.37. The van der Waals surface area contributed by atoms with Gasteiger partial charge in [-0.15, -0.1) is 23.1 Å². The number of hydrogen-bond acceptors (Lipinski definition) is 8. The van der Waals surface area contributed by atoms with Gasteiger partial charge in [0.25, 0.3) is 0 Å². The van der Waals surface area contributed by atoms with Crippen LogP contribution in [-0.4, -0.2) is 34.9 Å². The largest absolute Gasteiger partial charge is 0.465 e. The zero-order chi connectivity index (χ0) is 18.5. The molecular formula is C17H21N3O4S2. The quantitative estimate of drug-likeness (QED) is 0.592. The molecule has 0 fully saturated rings. The first kappa shape index (κ1) is 18.9. The van der Waals surface area contributed by atoms with Crippen LogP contribution >= 0.6 is 23.1 Å². The van der Waals surface area contributed by atoms with E-state index in [2.05, 4.69) is 15.5 Å². The SMILES string of the molecule is COC(=O)c1c(NC(=O)CSCc2noc(C)n2)sc2c1CCCCC2. The van der Waals surface area contributed by atoms with Gasteiger partial charge < -0.3 is 14.6 Å². The monoisotopic (exact) mass is 395 g/mol. The smallest absolute Gasteiger partial charge is 0.341 e. The molecule has 0 aliphatic heterocycles. The first-order valence-electron chi connectivity index (χ1n) is 8.48. The minimum atomic E-state index is -0.380. The van der Waals surface area contributed by atoms with Gasteiger partial charge in [0.1, 0.15) is 5.00 Å². The van der Waals surface area contributed by atoms with Crippen molar-refractivity contribution in [3.05, 3.63) is 27.7 Å². The highest BCUT2D eigenvalue weighted by Crippen LogP contribution is 2.38. The van der Waals surface area contributed by atoms with E-state index in [1.807, 2.05) is 0 Å². The van der Waals surface area contributed by atoms with Crippen molar-refractivity contribution in [2.24, 2.45) is 0 Å². The van der Waals surface area contributed by atoms with Crippen LogP contribution in [0.15, 0.2) is 4.52 Å². The van der Waals surface area contributed by atoms with Crippen LogP contribution in [-0.2, 0) is 28.1 Å². The first-order chi connectivity index (χ1) is 12.6. The lowest BCUT2D eigenvalue weighted by atomic mass is 10.1. The van der Waals surface area contributed by atoms with Crippen LogP contribution in [0.4, 0.5) is 5.00 Å². The fourth-order valence-electron chi connectivity index (χ4n) is 2.95. The summed E-state index contributed by atoms with van der Waals surface area (Å²) in [5.74, 6) is 1.28. The third-order valence-corrected chi connectivity index (χ3v) is 6.23. The second kappa shape index (κ2) is 8.68. The number of rotatable bonds is 6. The maximum absolute atomic E-state index is 12.3. The summed E-state index contributed by atoms with van der Waals surface area (Å²) in [6, 6.07) is 0. The van der Waals surface area contributed by atoms with E-state index < -0.39 is 0 Å². The summed E-state index contributed by atoms with van der Waals surface area (Å²) >= 11 is 2.90. The Hall–Kier alpha value is -1.87. The average Bonchev–Trinajstić information content (AvgIpc) is 3.09. The van der Waals surface area contributed by atoms with E-state index in [0.29, 0.717) is 28.0 Å². The van der Waals surface area contributed by atoms with E-state index in [1.54, 1.807) is 6.92 Å². The van der Waals surface area contributed by atoms with Crippen molar-refractivity contribution in [1.29, 1.82) is 0 Å². The maximum atomic E-state index is 12.3. The van der Waals surface area contributed by atoms with E-state index in [4.69, 9.17) is 9.26 Å². The second-order valence-electron chi connectivity index (χ2n) is 6.03. The molecule has 2 heterocycles. The van der Waals surface area contributed by atoms with Crippen LogP contribution in [0.2, 0.25) is 0 Å². The highest BCUT2D eigenvalue weighted by Gasteiger charge is 2.26. The normalized spacial score (nSPS) is 13.8. The fourth-order valence-corrected chi connectivity index (χ4v) is 4.90. The Kier molecular flexibility index (Phi) is 6.31. The molecule has 0 saturated heterocycles.